The number of hydrogen-bond acceptors (Lipinski definition) is 1. The molecule has 0 saturated carbocycles. The first-order valence-corrected chi connectivity index (χ1v) is 5.52. The molecule has 0 aliphatic rings. The summed E-state index contributed by atoms with van der Waals surface area (Å²) in [5.74, 6) is 0. The van der Waals surface area contributed by atoms with Crippen LogP contribution in [0.2, 0.25) is 0 Å². The van der Waals surface area contributed by atoms with Gasteiger partial charge in [-0.15, -0.1) is 0 Å². The molecule has 0 heterocycles. The molecule has 14 heavy (non-hydrogen) atoms. The lowest BCUT2D eigenvalue weighted by molar-refractivity contribution is 0.0322. The van der Waals surface area contributed by atoms with E-state index in [9.17, 15) is 0 Å². The lowest BCUT2D eigenvalue weighted by Gasteiger charge is -2.14. The second-order valence-corrected chi connectivity index (χ2v) is 3.62. The van der Waals surface area contributed by atoms with E-state index < -0.39 is 0 Å². The molecular formula is C13H20O. The summed E-state index contributed by atoms with van der Waals surface area (Å²) in [5.41, 5.74) is 1.27. The predicted octanol–water partition coefficient (Wildman–Crippen LogP) is 3.78. The number of hydrogen-bond donors (Lipinski definition) is 0. The number of benzene rings is 1. The Morgan fingerprint density at radius 1 is 1.14 bits per heavy atom. The molecule has 0 fully saturated rings. The summed E-state index contributed by atoms with van der Waals surface area (Å²) in [4.78, 5) is 0. The van der Waals surface area contributed by atoms with Gasteiger partial charge in [-0.1, -0.05) is 50.6 Å². The van der Waals surface area contributed by atoms with Gasteiger partial charge >= 0.3 is 0 Å². The molecule has 1 aromatic carbocycles. The van der Waals surface area contributed by atoms with E-state index in [-0.39, 0.29) is 0 Å². The summed E-state index contributed by atoms with van der Waals surface area (Å²) in [7, 11) is 0. The van der Waals surface area contributed by atoms with Gasteiger partial charge in [0, 0.05) is 0 Å². The molecule has 78 valence electrons. The van der Waals surface area contributed by atoms with Crippen LogP contribution >= 0.6 is 0 Å². The largest absolute Gasteiger partial charge is 0.374 e. The Balaban J connectivity index is 2.32. The van der Waals surface area contributed by atoms with E-state index in [1.54, 1.807) is 0 Å². The Bertz CT molecular complexity index is 230. The first-order chi connectivity index (χ1) is 6.86. The van der Waals surface area contributed by atoms with Crippen molar-refractivity contribution in [3.63, 3.8) is 0 Å². The number of ether oxygens (including phenoxy) is 1. The fourth-order valence-electron chi connectivity index (χ4n) is 1.52. The van der Waals surface area contributed by atoms with Crippen LogP contribution in [0.4, 0.5) is 0 Å². The normalized spacial score (nSPS) is 12.7. The average Bonchev–Trinajstić information content (AvgIpc) is 2.25. The zero-order valence-corrected chi connectivity index (χ0v) is 9.20. The summed E-state index contributed by atoms with van der Waals surface area (Å²) in [6.07, 6.45) is 3.91. The Kier molecular flexibility index (Phi) is 5.31. The minimum absolute atomic E-state index is 0.431. The third kappa shape index (κ3) is 3.93. The van der Waals surface area contributed by atoms with Gasteiger partial charge in [-0.05, 0) is 18.4 Å². The van der Waals surface area contributed by atoms with Gasteiger partial charge in [0.05, 0.1) is 12.7 Å². The molecule has 1 rings (SSSR count). The molecule has 0 amide bonds. The highest BCUT2D eigenvalue weighted by Gasteiger charge is 2.04. The van der Waals surface area contributed by atoms with Gasteiger partial charge < -0.3 is 4.74 Å². The zero-order valence-electron chi connectivity index (χ0n) is 9.20. The van der Waals surface area contributed by atoms with Crippen molar-refractivity contribution in [2.45, 2.75) is 45.8 Å². The van der Waals surface area contributed by atoms with Crippen LogP contribution in [0.25, 0.3) is 0 Å². The Morgan fingerprint density at radius 3 is 2.43 bits per heavy atom. The van der Waals surface area contributed by atoms with Crippen LogP contribution in [-0.2, 0) is 11.3 Å². The summed E-state index contributed by atoms with van der Waals surface area (Å²) in [6.45, 7) is 5.14. The molecule has 0 aliphatic carbocycles. The SMILES string of the molecule is CCCC(CC)OCc1ccccc1. The lowest BCUT2D eigenvalue weighted by Crippen LogP contribution is -2.10. The third-order valence-corrected chi connectivity index (χ3v) is 2.39. The molecule has 0 spiro atoms. The van der Waals surface area contributed by atoms with Gasteiger partial charge in [-0.2, -0.15) is 0 Å². The molecule has 0 bridgehead atoms. The smallest absolute Gasteiger partial charge is 0.0720 e. The van der Waals surface area contributed by atoms with E-state index in [4.69, 9.17) is 4.74 Å². The van der Waals surface area contributed by atoms with Crippen LogP contribution in [0.15, 0.2) is 30.3 Å². The first-order valence-electron chi connectivity index (χ1n) is 5.52. The van der Waals surface area contributed by atoms with Crippen LogP contribution < -0.4 is 0 Å². The second-order valence-electron chi connectivity index (χ2n) is 3.62. The van der Waals surface area contributed by atoms with Crippen molar-refractivity contribution in [1.29, 1.82) is 0 Å². The maximum absolute atomic E-state index is 5.82. The number of rotatable bonds is 6. The van der Waals surface area contributed by atoms with Crippen molar-refractivity contribution in [1.82, 2.24) is 0 Å². The Labute approximate surface area is 87.1 Å². The molecule has 1 aromatic rings. The van der Waals surface area contributed by atoms with Crippen molar-refractivity contribution >= 4 is 0 Å². The van der Waals surface area contributed by atoms with E-state index in [2.05, 4.69) is 38.1 Å². The van der Waals surface area contributed by atoms with E-state index in [1.165, 1.54) is 18.4 Å². The highest BCUT2D eigenvalue weighted by atomic mass is 16.5. The van der Waals surface area contributed by atoms with Gasteiger partial charge in [0.15, 0.2) is 0 Å². The van der Waals surface area contributed by atoms with Crippen LogP contribution in [0, 0.1) is 0 Å². The van der Waals surface area contributed by atoms with Crippen LogP contribution in [0.5, 0.6) is 0 Å². The van der Waals surface area contributed by atoms with Crippen molar-refractivity contribution in [3.8, 4) is 0 Å². The third-order valence-electron chi connectivity index (χ3n) is 2.39. The predicted molar refractivity (Wildman–Crippen MR) is 60.2 cm³/mol. The molecule has 0 aromatic heterocycles. The summed E-state index contributed by atoms with van der Waals surface area (Å²) in [6, 6.07) is 10.4. The van der Waals surface area contributed by atoms with Crippen LogP contribution in [-0.4, -0.2) is 6.10 Å². The molecule has 1 heteroatoms. The second kappa shape index (κ2) is 6.61. The molecule has 0 saturated heterocycles. The van der Waals surface area contributed by atoms with Crippen LogP contribution in [0.1, 0.15) is 38.7 Å². The van der Waals surface area contributed by atoms with Crippen molar-refractivity contribution < 1.29 is 4.74 Å². The molecule has 0 N–H and O–H groups in total. The topological polar surface area (TPSA) is 9.23 Å². The van der Waals surface area contributed by atoms with Gasteiger partial charge in [0.25, 0.3) is 0 Å². The molecule has 1 unspecified atom stereocenters. The van der Waals surface area contributed by atoms with Gasteiger partial charge in [-0.3, -0.25) is 0 Å². The van der Waals surface area contributed by atoms with E-state index in [1.807, 2.05) is 6.07 Å². The summed E-state index contributed by atoms with van der Waals surface area (Å²) < 4.78 is 5.82. The van der Waals surface area contributed by atoms with Gasteiger partial charge in [0.2, 0.25) is 0 Å². The standard InChI is InChI=1S/C13H20O/c1-3-8-13(4-2)14-11-12-9-6-5-7-10-12/h5-7,9-10,13H,3-4,8,11H2,1-2H3. The lowest BCUT2D eigenvalue weighted by atomic mass is 10.1. The first kappa shape index (κ1) is 11.3. The van der Waals surface area contributed by atoms with Crippen molar-refractivity contribution in [2.75, 3.05) is 0 Å². The maximum atomic E-state index is 5.82. The maximum Gasteiger partial charge on any atom is 0.0720 e. The Morgan fingerprint density at radius 2 is 1.86 bits per heavy atom. The quantitative estimate of drug-likeness (QED) is 0.666. The van der Waals surface area contributed by atoms with Crippen molar-refractivity contribution in [3.05, 3.63) is 35.9 Å². The van der Waals surface area contributed by atoms with E-state index >= 15 is 0 Å². The van der Waals surface area contributed by atoms with Gasteiger partial charge in [-0.25, -0.2) is 0 Å². The fourth-order valence-corrected chi connectivity index (χ4v) is 1.52. The van der Waals surface area contributed by atoms with Crippen molar-refractivity contribution in [2.24, 2.45) is 0 Å². The molecule has 0 radical (unpaired) electrons. The molecule has 1 atom stereocenters. The zero-order chi connectivity index (χ0) is 10.2. The molecular weight excluding hydrogens is 172 g/mol. The molecule has 1 nitrogen and oxygen atoms in total. The average molecular weight is 192 g/mol. The summed E-state index contributed by atoms with van der Waals surface area (Å²) in [5, 5.41) is 0. The fraction of sp³-hybridized carbons (Fsp3) is 0.538. The highest BCUT2D eigenvalue weighted by Crippen LogP contribution is 2.10. The minimum atomic E-state index is 0.431. The monoisotopic (exact) mass is 192 g/mol. The minimum Gasteiger partial charge on any atom is -0.374 e. The van der Waals surface area contributed by atoms with Crippen LogP contribution in [0.3, 0.4) is 0 Å². The van der Waals surface area contributed by atoms with Gasteiger partial charge in [0.1, 0.15) is 0 Å². The summed E-state index contributed by atoms with van der Waals surface area (Å²) >= 11 is 0. The Hall–Kier alpha value is -0.820. The van der Waals surface area contributed by atoms with E-state index in [0.717, 1.165) is 13.0 Å². The highest BCUT2D eigenvalue weighted by molar-refractivity contribution is 5.13. The molecule has 0 aliphatic heterocycles. The van der Waals surface area contributed by atoms with E-state index in [0.29, 0.717) is 6.10 Å².